The van der Waals surface area contributed by atoms with Gasteiger partial charge in [-0.1, -0.05) is 0 Å². The van der Waals surface area contributed by atoms with Crippen LogP contribution in [0, 0.1) is 0 Å². The van der Waals surface area contributed by atoms with Crippen molar-refractivity contribution in [3.8, 4) is 5.75 Å². The number of benzene rings is 1. The number of carbonyl (C=O) groups excluding carboxylic acids is 1. The number of carbonyl (C=O) groups is 1. The largest absolute Gasteiger partial charge is 0.465 e. The normalized spacial score (nSPS) is 10.4. The standard InChI is InChI=1S/C9H6Br2F2O3/c1-15-8(14)4-2-5(10)7(6(11)3-4)16-9(12)13/h2-3,9H,1H3. The molecule has 0 unspecified atom stereocenters. The molecular formula is C9H6Br2F2O3. The quantitative estimate of drug-likeness (QED) is 0.773. The molecule has 0 aromatic heterocycles. The van der Waals surface area contributed by atoms with Gasteiger partial charge in [-0.05, 0) is 44.0 Å². The molecular weight excluding hydrogens is 354 g/mol. The maximum atomic E-state index is 12.1. The van der Waals surface area contributed by atoms with Gasteiger partial charge in [0.05, 0.1) is 21.6 Å². The molecule has 88 valence electrons. The van der Waals surface area contributed by atoms with Gasteiger partial charge in [0, 0.05) is 0 Å². The summed E-state index contributed by atoms with van der Waals surface area (Å²) in [5, 5.41) is 0. The monoisotopic (exact) mass is 358 g/mol. The van der Waals surface area contributed by atoms with Gasteiger partial charge in [0.1, 0.15) is 0 Å². The number of alkyl halides is 2. The summed E-state index contributed by atoms with van der Waals surface area (Å²) in [6, 6.07) is 2.68. The number of esters is 1. The Morgan fingerprint density at radius 2 is 1.81 bits per heavy atom. The first-order valence-corrected chi connectivity index (χ1v) is 5.56. The van der Waals surface area contributed by atoms with Crippen LogP contribution in [0.4, 0.5) is 8.78 Å². The third-order valence-corrected chi connectivity index (χ3v) is 2.80. The molecule has 0 spiro atoms. The number of ether oxygens (including phenoxy) is 2. The van der Waals surface area contributed by atoms with Gasteiger partial charge in [-0.25, -0.2) is 4.79 Å². The molecule has 0 saturated heterocycles. The lowest BCUT2D eigenvalue weighted by Crippen LogP contribution is -2.06. The van der Waals surface area contributed by atoms with Gasteiger partial charge in [0.2, 0.25) is 0 Å². The third kappa shape index (κ3) is 3.15. The van der Waals surface area contributed by atoms with Gasteiger partial charge in [0.25, 0.3) is 0 Å². The van der Waals surface area contributed by atoms with E-state index in [1.165, 1.54) is 19.2 Å². The molecule has 0 bridgehead atoms. The summed E-state index contributed by atoms with van der Waals surface area (Å²) in [5.41, 5.74) is 0.225. The van der Waals surface area contributed by atoms with Crippen molar-refractivity contribution in [1.29, 1.82) is 0 Å². The summed E-state index contributed by atoms with van der Waals surface area (Å²) in [6.07, 6.45) is 0. The molecule has 0 N–H and O–H groups in total. The highest BCUT2D eigenvalue weighted by atomic mass is 79.9. The Kier molecular flexibility index (Phi) is 4.67. The average Bonchev–Trinajstić information content (AvgIpc) is 2.21. The van der Waals surface area contributed by atoms with Gasteiger partial charge < -0.3 is 9.47 Å². The molecule has 16 heavy (non-hydrogen) atoms. The average molecular weight is 360 g/mol. The fraction of sp³-hybridized carbons (Fsp3) is 0.222. The second-order valence-electron chi connectivity index (χ2n) is 2.64. The van der Waals surface area contributed by atoms with Crippen molar-refractivity contribution in [2.75, 3.05) is 7.11 Å². The molecule has 1 rings (SSSR count). The van der Waals surface area contributed by atoms with Crippen molar-refractivity contribution in [3.05, 3.63) is 26.6 Å². The van der Waals surface area contributed by atoms with E-state index in [-0.39, 0.29) is 20.3 Å². The molecule has 0 atom stereocenters. The molecule has 7 heteroatoms. The van der Waals surface area contributed by atoms with Crippen LogP contribution in [0.15, 0.2) is 21.1 Å². The van der Waals surface area contributed by atoms with Crippen LogP contribution in [-0.2, 0) is 4.74 Å². The van der Waals surface area contributed by atoms with Crippen LogP contribution in [0.1, 0.15) is 10.4 Å². The first kappa shape index (κ1) is 13.4. The first-order chi connectivity index (χ1) is 7.45. The van der Waals surface area contributed by atoms with E-state index in [1.807, 2.05) is 0 Å². The van der Waals surface area contributed by atoms with Gasteiger partial charge in [-0.2, -0.15) is 8.78 Å². The summed E-state index contributed by atoms with van der Waals surface area (Å²) >= 11 is 6.06. The lowest BCUT2D eigenvalue weighted by atomic mass is 10.2. The molecule has 3 nitrogen and oxygen atoms in total. The minimum Gasteiger partial charge on any atom is -0.465 e. The molecule has 0 aliphatic heterocycles. The first-order valence-electron chi connectivity index (χ1n) is 3.98. The van der Waals surface area contributed by atoms with Gasteiger partial charge in [-0.3, -0.25) is 0 Å². The van der Waals surface area contributed by atoms with Crippen LogP contribution in [0.5, 0.6) is 5.75 Å². The van der Waals surface area contributed by atoms with Crippen molar-refractivity contribution in [2.45, 2.75) is 6.61 Å². The summed E-state index contributed by atoms with van der Waals surface area (Å²) in [7, 11) is 1.23. The second kappa shape index (κ2) is 5.58. The Hall–Kier alpha value is -0.690. The van der Waals surface area contributed by atoms with Crippen molar-refractivity contribution in [1.82, 2.24) is 0 Å². The van der Waals surface area contributed by atoms with Crippen LogP contribution in [0.3, 0.4) is 0 Å². The number of hydrogen-bond donors (Lipinski definition) is 0. The van der Waals surface area contributed by atoms with Crippen LogP contribution >= 0.6 is 31.9 Å². The van der Waals surface area contributed by atoms with Crippen molar-refractivity contribution in [2.24, 2.45) is 0 Å². The van der Waals surface area contributed by atoms with E-state index in [4.69, 9.17) is 0 Å². The lowest BCUT2D eigenvalue weighted by Gasteiger charge is -2.10. The molecule has 1 aromatic carbocycles. The highest BCUT2D eigenvalue weighted by molar-refractivity contribution is 9.11. The molecule has 0 aliphatic rings. The number of methoxy groups -OCH3 is 1. The van der Waals surface area contributed by atoms with Crippen LogP contribution in [0.2, 0.25) is 0 Å². The van der Waals surface area contributed by atoms with Crippen molar-refractivity contribution in [3.63, 3.8) is 0 Å². The summed E-state index contributed by atoms with van der Waals surface area (Å²) < 4.78 is 33.3. The Morgan fingerprint density at radius 1 is 1.31 bits per heavy atom. The Balaban J connectivity index is 3.12. The molecule has 0 radical (unpaired) electrons. The van der Waals surface area contributed by atoms with E-state index in [0.717, 1.165) is 0 Å². The predicted molar refractivity (Wildman–Crippen MR) is 59.8 cm³/mol. The molecule has 1 aromatic rings. The van der Waals surface area contributed by atoms with E-state index in [0.29, 0.717) is 0 Å². The van der Waals surface area contributed by atoms with Crippen molar-refractivity contribution >= 4 is 37.8 Å². The highest BCUT2D eigenvalue weighted by Gasteiger charge is 2.16. The molecule has 0 fully saturated rings. The highest BCUT2D eigenvalue weighted by Crippen LogP contribution is 2.35. The maximum absolute atomic E-state index is 12.1. The van der Waals surface area contributed by atoms with Gasteiger partial charge >= 0.3 is 12.6 Å². The maximum Gasteiger partial charge on any atom is 0.387 e. The SMILES string of the molecule is COC(=O)c1cc(Br)c(OC(F)F)c(Br)c1. The summed E-state index contributed by atoms with van der Waals surface area (Å²) in [4.78, 5) is 11.2. The molecule has 0 amide bonds. The van der Waals surface area contributed by atoms with E-state index in [2.05, 4.69) is 41.3 Å². The zero-order valence-electron chi connectivity index (χ0n) is 7.97. The second-order valence-corrected chi connectivity index (χ2v) is 4.35. The van der Waals surface area contributed by atoms with Crippen molar-refractivity contribution < 1.29 is 23.0 Å². The van der Waals surface area contributed by atoms with Gasteiger partial charge in [-0.15, -0.1) is 0 Å². The Morgan fingerprint density at radius 3 is 2.19 bits per heavy atom. The minimum atomic E-state index is -2.93. The zero-order chi connectivity index (χ0) is 12.3. The number of rotatable bonds is 3. The topological polar surface area (TPSA) is 35.5 Å². The Bertz CT molecular complexity index is 387. The van der Waals surface area contributed by atoms with E-state index in [1.54, 1.807) is 0 Å². The molecule has 0 saturated carbocycles. The Labute approximate surface area is 107 Å². The fourth-order valence-corrected chi connectivity index (χ4v) is 2.37. The van der Waals surface area contributed by atoms with E-state index in [9.17, 15) is 13.6 Å². The fourth-order valence-electron chi connectivity index (χ4n) is 0.997. The smallest absolute Gasteiger partial charge is 0.387 e. The van der Waals surface area contributed by atoms with Crippen LogP contribution in [0.25, 0.3) is 0 Å². The van der Waals surface area contributed by atoms with Gasteiger partial charge in [0.15, 0.2) is 5.75 Å². The number of hydrogen-bond acceptors (Lipinski definition) is 3. The molecule has 0 heterocycles. The minimum absolute atomic E-state index is 0.0670. The molecule has 0 aliphatic carbocycles. The third-order valence-electron chi connectivity index (χ3n) is 1.63. The van der Waals surface area contributed by atoms with E-state index >= 15 is 0 Å². The van der Waals surface area contributed by atoms with Crippen LogP contribution < -0.4 is 4.74 Å². The predicted octanol–water partition coefficient (Wildman–Crippen LogP) is 3.60. The summed E-state index contributed by atoms with van der Waals surface area (Å²) in [6.45, 7) is -2.93. The lowest BCUT2D eigenvalue weighted by molar-refractivity contribution is -0.0508. The van der Waals surface area contributed by atoms with E-state index < -0.39 is 12.6 Å². The zero-order valence-corrected chi connectivity index (χ0v) is 11.1. The summed E-state index contributed by atoms with van der Waals surface area (Å²) in [5.74, 6) is -0.632. The van der Waals surface area contributed by atoms with Crippen LogP contribution in [-0.4, -0.2) is 19.7 Å². The number of halogens is 4.